The number of aryl methyl sites for hydroxylation is 1. The molecule has 1 rings (SSSR count). The van der Waals surface area contributed by atoms with Crippen molar-refractivity contribution in [3.05, 3.63) is 11.1 Å². The number of hydrogen-bond donors (Lipinski definition) is 0. The Morgan fingerprint density at radius 2 is 2.26 bits per heavy atom. The summed E-state index contributed by atoms with van der Waals surface area (Å²) >= 11 is 1.64. The highest BCUT2D eigenvalue weighted by Crippen LogP contribution is 2.21. The summed E-state index contributed by atoms with van der Waals surface area (Å²) in [7, 11) is 2.07. The molecule has 0 amide bonds. The number of rotatable bonds is 8. The molecule has 1 heterocycles. The summed E-state index contributed by atoms with van der Waals surface area (Å²) in [5.41, 5.74) is 0.976. The summed E-state index contributed by atoms with van der Waals surface area (Å²) in [6, 6.07) is 0. The Bertz CT molecular complexity index is 391. The first kappa shape index (κ1) is 16.0. The van der Waals surface area contributed by atoms with Gasteiger partial charge >= 0.3 is 5.97 Å². The molecule has 0 aromatic carbocycles. The van der Waals surface area contributed by atoms with Gasteiger partial charge in [0.2, 0.25) is 0 Å². The highest BCUT2D eigenvalue weighted by Gasteiger charge is 2.09. The lowest BCUT2D eigenvalue weighted by Gasteiger charge is -2.16. The van der Waals surface area contributed by atoms with E-state index in [1.54, 1.807) is 11.3 Å². The molecule has 0 N–H and O–H groups in total. The molecule has 0 aliphatic carbocycles. The van der Waals surface area contributed by atoms with E-state index in [9.17, 15) is 4.79 Å². The number of anilines is 1. The van der Waals surface area contributed by atoms with Crippen molar-refractivity contribution in [1.82, 2.24) is 4.98 Å². The van der Waals surface area contributed by atoms with Gasteiger partial charge < -0.3 is 9.64 Å². The summed E-state index contributed by atoms with van der Waals surface area (Å²) in [6.07, 6.45) is 2.23. The first-order valence-corrected chi connectivity index (χ1v) is 7.72. The number of nitrogens with zero attached hydrogens (tertiary/aromatic N) is 2. The molecule has 0 saturated carbocycles. The lowest BCUT2D eigenvalue weighted by atomic mass is 10.1. The Morgan fingerprint density at radius 3 is 2.89 bits per heavy atom. The van der Waals surface area contributed by atoms with Crippen molar-refractivity contribution >= 4 is 22.4 Å². The number of hydrogen-bond acceptors (Lipinski definition) is 5. The van der Waals surface area contributed by atoms with Gasteiger partial charge in [-0.25, -0.2) is 4.98 Å². The molecule has 0 spiro atoms. The van der Waals surface area contributed by atoms with Crippen molar-refractivity contribution in [3.63, 3.8) is 0 Å². The summed E-state index contributed by atoms with van der Waals surface area (Å²) in [6.45, 7) is 7.73. The Hall–Kier alpha value is -1.10. The van der Waals surface area contributed by atoms with Crippen LogP contribution in [0.25, 0.3) is 0 Å². The largest absolute Gasteiger partial charge is 0.466 e. The van der Waals surface area contributed by atoms with Crippen LogP contribution in [-0.4, -0.2) is 31.2 Å². The fraction of sp³-hybridized carbons (Fsp3) is 0.714. The minimum absolute atomic E-state index is 0.148. The first-order chi connectivity index (χ1) is 9.02. The molecular weight excluding hydrogens is 260 g/mol. The van der Waals surface area contributed by atoms with E-state index in [1.807, 2.05) is 12.3 Å². The second-order valence-electron chi connectivity index (χ2n) is 5.03. The molecule has 1 aromatic heterocycles. The number of carbonyl (C=O) groups excluding carboxylic acids is 1. The molecule has 0 unspecified atom stereocenters. The number of ether oxygens (including phenoxy) is 1. The smallest absolute Gasteiger partial charge is 0.306 e. The molecule has 0 radical (unpaired) electrons. The third-order valence-electron chi connectivity index (χ3n) is 2.80. The Labute approximate surface area is 119 Å². The van der Waals surface area contributed by atoms with Crippen molar-refractivity contribution < 1.29 is 9.53 Å². The zero-order chi connectivity index (χ0) is 14.3. The van der Waals surface area contributed by atoms with Crippen LogP contribution in [0.4, 0.5) is 5.13 Å². The van der Waals surface area contributed by atoms with Crippen LogP contribution in [0.15, 0.2) is 5.38 Å². The Balaban J connectivity index is 2.41. The summed E-state index contributed by atoms with van der Waals surface area (Å²) in [4.78, 5) is 18.0. The van der Waals surface area contributed by atoms with Gasteiger partial charge in [0.1, 0.15) is 0 Å². The minimum atomic E-state index is -0.148. The maximum Gasteiger partial charge on any atom is 0.306 e. The predicted molar refractivity (Wildman–Crippen MR) is 79.8 cm³/mol. The second-order valence-corrected chi connectivity index (χ2v) is 5.87. The van der Waals surface area contributed by atoms with Gasteiger partial charge in [-0.1, -0.05) is 13.8 Å². The van der Waals surface area contributed by atoms with Crippen LogP contribution in [0.2, 0.25) is 0 Å². The molecule has 0 atom stereocenters. The SMILES string of the molecule is CCOC(=O)CCc1csc(N(C)CCC(C)C)n1. The van der Waals surface area contributed by atoms with Crippen LogP contribution >= 0.6 is 11.3 Å². The van der Waals surface area contributed by atoms with Crippen molar-refractivity contribution in [2.45, 2.75) is 40.0 Å². The topological polar surface area (TPSA) is 42.4 Å². The van der Waals surface area contributed by atoms with Crippen LogP contribution in [0.5, 0.6) is 0 Å². The van der Waals surface area contributed by atoms with Crippen LogP contribution < -0.4 is 4.90 Å². The zero-order valence-corrected chi connectivity index (χ0v) is 13.1. The van der Waals surface area contributed by atoms with Crippen molar-refractivity contribution in [1.29, 1.82) is 0 Å². The molecule has 0 saturated heterocycles. The first-order valence-electron chi connectivity index (χ1n) is 6.84. The van der Waals surface area contributed by atoms with E-state index in [2.05, 4.69) is 30.8 Å². The summed E-state index contributed by atoms with van der Waals surface area (Å²) in [5.74, 6) is 0.552. The molecule has 19 heavy (non-hydrogen) atoms. The van der Waals surface area contributed by atoms with Crippen LogP contribution in [0.1, 0.15) is 39.3 Å². The van der Waals surface area contributed by atoms with E-state index < -0.39 is 0 Å². The van der Waals surface area contributed by atoms with Crippen LogP contribution in [-0.2, 0) is 16.0 Å². The maximum atomic E-state index is 11.3. The van der Waals surface area contributed by atoms with Gasteiger partial charge in [-0.3, -0.25) is 4.79 Å². The van der Waals surface area contributed by atoms with E-state index >= 15 is 0 Å². The molecule has 1 aromatic rings. The molecule has 0 aliphatic heterocycles. The van der Waals surface area contributed by atoms with Gasteiger partial charge in [-0.15, -0.1) is 11.3 Å². The average Bonchev–Trinajstić information content (AvgIpc) is 2.82. The van der Waals surface area contributed by atoms with Gasteiger partial charge in [-0.2, -0.15) is 0 Å². The molecule has 0 fully saturated rings. The fourth-order valence-corrected chi connectivity index (χ4v) is 2.45. The lowest BCUT2D eigenvalue weighted by Crippen LogP contribution is -2.19. The molecule has 0 bridgehead atoms. The number of esters is 1. The van der Waals surface area contributed by atoms with E-state index in [0.717, 1.165) is 23.8 Å². The number of aromatic nitrogens is 1. The average molecular weight is 284 g/mol. The highest BCUT2D eigenvalue weighted by atomic mass is 32.1. The molecule has 0 aliphatic rings. The normalized spacial score (nSPS) is 10.8. The van der Waals surface area contributed by atoms with Crippen LogP contribution in [0.3, 0.4) is 0 Å². The molecule has 108 valence electrons. The van der Waals surface area contributed by atoms with Gasteiger partial charge in [0.25, 0.3) is 0 Å². The third kappa shape index (κ3) is 6.05. The van der Waals surface area contributed by atoms with Crippen molar-refractivity contribution in [2.75, 3.05) is 25.1 Å². The Kier molecular flexibility index (Phi) is 6.84. The summed E-state index contributed by atoms with van der Waals surface area (Å²) < 4.78 is 4.91. The maximum absolute atomic E-state index is 11.3. The van der Waals surface area contributed by atoms with E-state index in [0.29, 0.717) is 25.4 Å². The van der Waals surface area contributed by atoms with E-state index in [-0.39, 0.29) is 5.97 Å². The van der Waals surface area contributed by atoms with Crippen molar-refractivity contribution in [2.24, 2.45) is 5.92 Å². The zero-order valence-electron chi connectivity index (χ0n) is 12.3. The number of thiazole rings is 1. The molecular formula is C14H24N2O2S. The predicted octanol–water partition coefficient (Wildman–Crippen LogP) is 3.12. The summed E-state index contributed by atoms with van der Waals surface area (Å²) in [5, 5.41) is 3.06. The minimum Gasteiger partial charge on any atom is -0.466 e. The quantitative estimate of drug-likeness (QED) is 0.688. The van der Waals surface area contributed by atoms with Gasteiger partial charge in [0, 0.05) is 25.4 Å². The molecule has 5 heteroatoms. The highest BCUT2D eigenvalue weighted by molar-refractivity contribution is 7.13. The fourth-order valence-electron chi connectivity index (χ4n) is 1.60. The monoisotopic (exact) mass is 284 g/mol. The van der Waals surface area contributed by atoms with Gasteiger partial charge in [0.05, 0.1) is 18.7 Å². The molecule has 4 nitrogen and oxygen atoms in total. The van der Waals surface area contributed by atoms with E-state index in [1.165, 1.54) is 0 Å². The van der Waals surface area contributed by atoms with E-state index in [4.69, 9.17) is 4.74 Å². The lowest BCUT2D eigenvalue weighted by molar-refractivity contribution is -0.143. The van der Waals surface area contributed by atoms with Crippen LogP contribution in [0, 0.1) is 5.92 Å². The van der Waals surface area contributed by atoms with Gasteiger partial charge in [-0.05, 0) is 19.3 Å². The van der Waals surface area contributed by atoms with Gasteiger partial charge in [0.15, 0.2) is 5.13 Å². The third-order valence-corrected chi connectivity index (χ3v) is 3.80. The van der Waals surface area contributed by atoms with Crippen molar-refractivity contribution in [3.8, 4) is 0 Å². The second kappa shape index (κ2) is 8.15. The standard InChI is InChI=1S/C14H24N2O2S/c1-5-18-13(17)7-6-12-10-19-14(15-12)16(4)9-8-11(2)3/h10-11H,5-9H2,1-4H3. The number of carbonyl (C=O) groups is 1. The Morgan fingerprint density at radius 1 is 1.53 bits per heavy atom.